The molecule has 0 amide bonds. The van der Waals surface area contributed by atoms with Crippen LogP contribution in [0.2, 0.25) is 0 Å². The van der Waals surface area contributed by atoms with Gasteiger partial charge in [-0.15, -0.1) is 0 Å². The average molecular weight is 163 g/mol. The molecule has 0 aromatic rings. The van der Waals surface area contributed by atoms with E-state index in [4.69, 9.17) is 10.8 Å². The second kappa shape index (κ2) is 4.36. The van der Waals surface area contributed by atoms with Gasteiger partial charge < -0.3 is 10.8 Å². The van der Waals surface area contributed by atoms with Crippen molar-refractivity contribution in [1.82, 2.24) is 0 Å². The lowest BCUT2D eigenvalue weighted by Crippen LogP contribution is -2.26. The zero-order valence-corrected chi connectivity index (χ0v) is 6.56. The number of carboxylic acid groups (broad SMARTS) is 1. The first-order chi connectivity index (χ1) is 4.54. The molecule has 5 heteroatoms. The molecular formula is C5H10NO3P. The van der Waals surface area contributed by atoms with Gasteiger partial charge in [-0.2, -0.15) is 0 Å². The lowest BCUT2D eigenvalue weighted by molar-refractivity contribution is -0.137. The molecule has 0 saturated carbocycles. The quantitative estimate of drug-likeness (QED) is 0.551. The molecule has 0 saturated heterocycles. The number of hydrogen-bond donors (Lipinski definition) is 2. The summed E-state index contributed by atoms with van der Waals surface area (Å²) >= 11 is 0. The highest BCUT2D eigenvalue weighted by molar-refractivity contribution is 7.40. The number of rotatable bonds is 4. The Bertz CT molecular complexity index is 148. The van der Waals surface area contributed by atoms with Gasteiger partial charge in [0.05, 0.1) is 6.04 Å². The molecule has 3 N–H and O–H groups in total. The molecule has 2 atom stereocenters. The summed E-state index contributed by atoms with van der Waals surface area (Å²) in [6, 6.07) is -0.652. The summed E-state index contributed by atoms with van der Waals surface area (Å²) < 4.78 is 0. The van der Waals surface area contributed by atoms with E-state index in [1.807, 2.05) is 9.24 Å². The highest BCUT2D eigenvalue weighted by Gasteiger charge is 2.09. The Morgan fingerprint density at radius 3 is 2.40 bits per heavy atom. The molecule has 0 heterocycles. The molecule has 2 unspecified atom stereocenters. The van der Waals surface area contributed by atoms with Crippen LogP contribution < -0.4 is 5.73 Å². The van der Waals surface area contributed by atoms with Crippen LogP contribution in [0.3, 0.4) is 0 Å². The van der Waals surface area contributed by atoms with Crippen molar-refractivity contribution >= 4 is 20.7 Å². The molecule has 10 heavy (non-hydrogen) atoms. The van der Waals surface area contributed by atoms with Gasteiger partial charge in [0.15, 0.2) is 5.52 Å². The monoisotopic (exact) mass is 163 g/mol. The summed E-state index contributed by atoms with van der Waals surface area (Å²) in [6.45, 7) is 0. The molecule has 0 spiro atoms. The van der Waals surface area contributed by atoms with Crippen LogP contribution in [0.5, 0.6) is 0 Å². The number of aliphatic carboxylic acids is 1. The van der Waals surface area contributed by atoms with Crippen molar-refractivity contribution in [2.75, 3.05) is 0 Å². The normalized spacial score (nSPS) is 12.6. The Labute approximate surface area is 61.0 Å². The van der Waals surface area contributed by atoms with Gasteiger partial charge in [-0.3, -0.25) is 9.59 Å². The first kappa shape index (κ1) is 9.53. The minimum Gasteiger partial charge on any atom is -0.481 e. The maximum absolute atomic E-state index is 10.4. The topological polar surface area (TPSA) is 80.4 Å². The van der Waals surface area contributed by atoms with Gasteiger partial charge in [-0.25, -0.2) is 0 Å². The second-order valence-corrected chi connectivity index (χ2v) is 2.51. The highest BCUT2D eigenvalue weighted by Crippen LogP contribution is 1.99. The first-order valence-electron chi connectivity index (χ1n) is 2.80. The first-order valence-corrected chi connectivity index (χ1v) is 3.38. The number of nitrogens with two attached hydrogens (primary N) is 1. The summed E-state index contributed by atoms with van der Waals surface area (Å²) in [6.07, 6.45) is 0.152. The third kappa shape index (κ3) is 4.41. The van der Waals surface area contributed by atoms with E-state index < -0.39 is 12.0 Å². The summed E-state index contributed by atoms with van der Waals surface area (Å²) in [5.41, 5.74) is 4.98. The van der Waals surface area contributed by atoms with Crippen LogP contribution in [0, 0.1) is 0 Å². The van der Waals surface area contributed by atoms with Crippen molar-refractivity contribution in [3.05, 3.63) is 0 Å². The van der Waals surface area contributed by atoms with E-state index in [0.717, 1.165) is 0 Å². The molecule has 0 radical (unpaired) electrons. The lowest BCUT2D eigenvalue weighted by atomic mass is 10.2. The molecule has 0 aromatic heterocycles. The predicted molar refractivity (Wildman–Crippen MR) is 39.6 cm³/mol. The van der Waals surface area contributed by atoms with Crippen LogP contribution in [-0.4, -0.2) is 22.6 Å². The maximum atomic E-state index is 10.4. The maximum Gasteiger partial charge on any atom is 0.303 e. The molecule has 0 aliphatic carbocycles. The van der Waals surface area contributed by atoms with Crippen molar-refractivity contribution in [3.63, 3.8) is 0 Å². The Morgan fingerprint density at radius 1 is 1.60 bits per heavy atom. The SMILES string of the molecule is NC(CCC(=O)O)C(=O)P. The Hall–Kier alpha value is -0.470. The Kier molecular flexibility index (Phi) is 4.16. The minimum absolute atomic E-state index is 0.0543. The number of carboxylic acids is 1. The average Bonchev–Trinajstić information content (AvgIpc) is 1.82. The summed E-state index contributed by atoms with van der Waals surface area (Å²) in [4.78, 5) is 20.4. The van der Waals surface area contributed by atoms with Gasteiger partial charge in [-0.1, -0.05) is 9.24 Å². The summed E-state index contributed by atoms with van der Waals surface area (Å²) in [7, 11) is 1.92. The number of carbonyl (C=O) groups excluding carboxylic acids is 1. The Balaban J connectivity index is 3.49. The molecule has 0 rings (SSSR count). The number of hydrogen-bond acceptors (Lipinski definition) is 3. The van der Waals surface area contributed by atoms with Gasteiger partial charge >= 0.3 is 5.97 Å². The molecule has 0 fully saturated rings. The fourth-order valence-electron chi connectivity index (χ4n) is 0.421. The largest absolute Gasteiger partial charge is 0.481 e. The van der Waals surface area contributed by atoms with Crippen molar-refractivity contribution in [1.29, 1.82) is 0 Å². The van der Waals surface area contributed by atoms with Crippen LogP contribution in [0.1, 0.15) is 12.8 Å². The van der Waals surface area contributed by atoms with Crippen molar-refractivity contribution in [2.45, 2.75) is 18.9 Å². The van der Waals surface area contributed by atoms with Crippen molar-refractivity contribution in [2.24, 2.45) is 5.73 Å². The van der Waals surface area contributed by atoms with Gasteiger partial charge in [0.25, 0.3) is 0 Å². The highest BCUT2D eigenvalue weighted by atomic mass is 31.0. The molecular weight excluding hydrogens is 153 g/mol. The fraction of sp³-hybridized carbons (Fsp3) is 0.600. The Morgan fingerprint density at radius 2 is 2.10 bits per heavy atom. The standard InChI is InChI=1S/C5H10NO3P/c6-3(5(9)10)1-2-4(7)8/h3H,1-2,6,10H2,(H,7,8). The van der Waals surface area contributed by atoms with E-state index in [0.29, 0.717) is 0 Å². The smallest absolute Gasteiger partial charge is 0.303 e. The molecule has 4 nitrogen and oxygen atoms in total. The zero-order valence-electron chi connectivity index (χ0n) is 5.41. The summed E-state index contributed by atoms with van der Waals surface area (Å²) in [5.74, 6) is -0.929. The van der Waals surface area contributed by atoms with E-state index in [9.17, 15) is 9.59 Å². The van der Waals surface area contributed by atoms with Crippen LogP contribution in [-0.2, 0) is 9.59 Å². The van der Waals surface area contributed by atoms with Crippen molar-refractivity contribution < 1.29 is 14.7 Å². The molecule has 0 aliphatic heterocycles. The molecule has 58 valence electrons. The predicted octanol–water partition coefficient (Wildman–Crippen LogP) is -0.420. The minimum atomic E-state index is -0.929. The molecule has 0 bridgehead atoms. The van der Waals surface area contributed by atoms with Gasteiger partial charge in [0, 0.05) is 6.42 Å². The lowest BCUT2D eigenvalue weighted by Gasteiger charge is -2.02. The van der Waals surface area contributed by atoms with E-state index in [1.54, 1.807) is 0 Å². The third-order valence-electron chi connectivity index (χ3n) is 1.03. The molecule has 0 aromatic carbocycles. The van der Waals surface area contributed by atoms with Crippen LogP contribution >= 0.6 is 9.24 Å². The van der Waals surface area contributed by atoms with E-state index in [2.05, 4.69) is 0 Å². The van der Waals surface area contributed by atoms with Gasteiger partial charge in [-0.05, 0) is 6.42 Å². The van der Waals surface area contributed by atoms with E-state index in [1.165, 1.54) is 0 Å². The van der Waals surface area contributed by atoms with Gasteiger partial charge in [0.2, 0.25) is 0 Å². The zero-order chi connectivity index (χ0) is 8.15. The van der Waals surface area contributed by atoms with Crippen LogP contribution in [0.15, 0.2) is 0 Å². The summed E-state index contributed by atoms with van der Waals surface area (Å²) in [5, 5.41) is 8.17. The van der Waals surface area contributed by atoms with Crippen molar-refractivity contribution in [3.8, 4) is 0 Å². The third-order valence-corrected chi connectivity index (χ3v) is 1.46. The molecule has 0 aliphatic rings. The van der Waals surface area contributed by atoms with Gasteiger partial charge in [0.1, 0.15) is 0 Å². The van der Waals surface area contributed by atoms with E-state index >= 15 is 0 Å². The fourth-order valence-corrected chi connectivity index (χ4v) is 0.588. The number of carbonyl (C=O) groups is 2. The van der Waals surface area contributed by atoms with E-state index in [-0.39, 0.29) is 18.4 Å². The second-order valence-electron chi connectivity index (χ2n) is 1.94. The van der Waals surface area contributed by atoms with Crippen LogP contribution in [0.25, 0.3) is 0 Å². The van der Waals surface area contributed by atoms with Crippen LogP contribution in [0.4, 0.5) is 0 Å².